The lowest BCUT2D eigenvalue weighted by Gasteiger charge is -2.13. The molecule has 0 fully saturated rings. The molecule has 5 nitrogen and oxygen atoms in total. The molecule has 0 unspecified atom stereocenters. The smallest absolute Gasteiger partial charge is 0.338 e. The van der Waals surface area contributed by atoms with Crippen LogP contribution in [0.4, 0.5) is 5.69 Å². The number of aromatic hydroxyl groups is 1. The van der Waals surface area contributed by atoms with E-state index in [1.165, 1.54) is 24.3 Å². The molecule has 2 N–H and O–H groups in total. The first kappa shape index (κ1) is 16.5. The van der Waals surface area contributed by atoms with Gasteiger partial charge in [-0.05, 0) is 42.7 Å². The zero-order valence-electron chi connectivity index (χ0n) is 13.1. The number of ether oxygens (including phenoxy) is 1. The summed E-state index contributed by atoms with van der Waals surface area (Å²) in [6, 6.07) is 11.6. The van der Waals surface area contributed by atoms with Crippen LogP contribution in [0.1, 0.15) is 28.4 Å². The van der Waals surface area contributed by atoms with Crippen molar-refractivity contribution in [2.75, 3.05) is 11.9 Å². The first-order chi connectivity index (χ1) is 11.0. The molecule has 0 radical (unpaired) electrons. The number of aryl methyl sites for hydroxylation is 2. The second-order valence-electron chi connectivity index (χ2n) is 5.14. The molecular formula is C18H19NO4. The largest absolute Gasteiger partial charge is 0.508 e. The summed E-state index contributed by atoms with van der Waals surface area (Å²) in [5.74, 6) is -1.09. The summed E-state index contributed by atoms with van der Waals surface area (Å²) in [4.78, 5) is 23.8. The fraction of sp³-hybridized carbons (Fsp3) is 0.222. The van der Waals surface area contributed by atoms with Crippen LogP contribution in [0.5, 0.6) is 5.75 Å². The number of phenolic OH excluding ortho intramolecular Hbond substituents is 1. The lowest BCUT2D eigenvalue weighted by molar-refractivity contribution is -0.119. The second kappa shape index (κ2) is 7.45. The van der Waals surface area contributed by atoms with E-state index in [0.717, 1.165) is 23.2 Å². The van der Waals surface area contributed by atoms with E-state index >= 15 is 0 Å². The van der Waals surface area contributed by atoms with Crippen molar-refractivity contribution in [2.45, 2.75) is 20.3 Å². The highest BCUT2D eigenvalue weighted by atomic mass is 16.5. The summed E-state index contributed by atoms with van der Waals surface area (Å²) >= 11 is 0. The summed E-state index contributed by atoms with van der Waals surface area (Å²) in [5, 5.41) is 12.1. The molecule has 0 aliphatic heterocycles. The van der Waals surface area contributed by atoms with Crippen LogP contribution in [-0.4, -0.2) is 23.6 Å². The van der Waals surface area contributed by atoms with E-state index in [1.807, 2.05) is 32.0 Å². The van der Waals surface area contributed by atoms with Crippen molar-refractivity contribution < 1.29 is 19.4 Å². The summed E-state index contributed by atoms with van der Waals surface area (Å²) in [6.07, 6.45) is 0.792. The van der Waals surface area contributed by atoms with Crippen molar-refractivity contribution in [3.63, 3.8) is 0 Å². The van der Waals surface area contributed by atoms with E-state index in [9.17, 15) is 14.7 Å². The number of hydrogen-bond acceptors (Lipinski definition) is 4. The normalized spacial score (nSPS) is 10.2. The molecule has 2 rings (SSSR count). The molecule has 0 aliphatic rings. The third-order valence-corrected chi connectivity index (χ3v) is 3.42. The first-order valence-electron chi connectivity index (χ1n) is 7.35. The van der Waals surface area contributed by atoms with E-state index < -0.39 is 11.9 Å². The van der Waals surface area contributed by atoms with Crippen LogP contribution in [0, 0.1) is 6.92 Å². The number of nitrogens with one attached hydrogen (secondary N) is 1. The summed E-state index contributed by atoms with van der Waals surface area (Å²) in [6.45, 7) is 3.53. The maximum absolute atomic E-state index is 12.0. The van der Waals surface area contributed by atoms with Gasteiger partial charge in [0.1, 0.15) is 5.75 Å². The van der Waals surface area contributed by atoms with Gasteiger partial charge in [0.25, 0.3) is 5.91 Å². The maximum atomic E-state index is 12.0. The monoisotopic (exact) mass is 313 g/mol. The topological polar surface area (TPSA) is 75.6 Å². The number of rotatable bonds is 5. The lowest BCUT2D eigenvalue weighted by atomic mass is 10.1. The Bertz CT molecular complexity index is 725. The molecule has 2 aromatic rings. The molecule has 0 aliphatic carbocycles. The Hall–Kier alpha value is -2.82. The van der Waals surface area contributed by atoms with Crippen LogP contribution in [0.2, 0.25) is 0 Å². The Morgan fingerprint density at radius 3 is 2.61 bits per heavy atom. The van der Waals surface area contributed by atoms with Crippen LogP contribution >= 0.6 is 0 Å². The third-order valence-electron chi connectivity index (χ3n) is 3.42. The molecule has 23 heavy (non-hydrogen) atoms. The molecule has 0 heterocycles. The molecule has 0 saturated heterocycles. The number of carbonyl (C=O) groups excluding carboxylic acids is 2. The maximum Gasteiger partial charge on any atom is 0.338 e. The van der Waals surface area contributed by atoms with Gasteiger partial charge in [-0.3, -0.25) is 4.79 Å². The highest BCUT2D eigenvalue weighted by molar-refractivity contribution is 5.96. The van der Waals surface area contributed by atoms with Crippen molar-refractivity contribution >= 4 is 17.6 Å². The number of para-hydroxylation sites is 1. The van der Waals surface area contributed by atoms with Gasteiger partial charge in [-0.1, -0.05) is 31.2 Å². The summed E-state index contributed by atoms with van der Waals surface area (Å²) in [5.41, 5.74) is 2.94. The van der Waals surface area contributed by atoms with Gasteiger partial charge in [0.05, 0.1) is 5.56 Å². The van der Waals surface area contributed by atoms with Gasteiger partial charge in [0, 0.05) is 5.69 Å². The quantitative estimate of drug-likeness (QED) is 0.832. The minimum absolute atomic E-state index is 0.0311. The van der Waals surface area contributed by atoms with Gasteiger partial charge >= 0.3 is 5.97 Å². The van der Waals surface area contributed by atoms with Gasteiger partial charge in [0.2, 0.25) is 0 Å². The number of hydrogen-bond donors (Lipinski definition) is 2. The molecule has 0 spiro atoms. The Morgan fingerprint density at radius 2 is 1.91 bits per heavy atom. The fourth-order valence-corrected chi connectivity index (χ4v) is 2.22. The highest BCUT2D eigenvalue weighted by Gasteiger charge is 2.13. The molecule has 120 valence electrons. The second-order valence-corrected chi connectivity index (χ2v) is 5.14. The van der Waals surface area contributed by atoms with Crippen LogP contribution in [0.25, 0.3) is 0 Å². The number of benzene rings is 2. The number of carbonyl (C=O) groups is 2. The zero-order valence-corrected chi connectivity index (χ0v) is 13.1. The van der Waals surface area contributed by atoms with Gasteiger partial charge in [-0.15, -0.1) is 0 Å². The summed E-state index contributed by atoms with van der Waals surface area (Å²) < 4.78 is 4.97. The zero-order chi connectivity index (χ0) is 16.8. The van der Waals surface area contributed by atoms with E-state index in [0.29, 0.717) is 0 Å². The van der Waals surface area contributed by atoms with Gasteiger partial charge in [0.15, 0.2) is 6.61 Å². The summed E-state index contributed by atoms with van der Waals surface area (Å²) in [7, 11) is 0. The lowest BCUT2D eigenvalue weighted by Crippen LogP contribution is -2.22. The number of esters is 1. The van der Waals surface area contributed by atoms with Gasteiger partial charge in [-0.25, -0.2) is 4.79 Å². The average Bonchev–Trinajstić information content (AvgIpc) is 2.54. The van der Waals surface area contributed by atoms with Crippen molar-refractivity contribution in [1.29, 1.82) is 0 Å². The SMILES string of the molecule is CCc1cccc(C)c1NC(=O)COC(=O)c1cccc(O)c1. The Kier molecular flexibility index (Phi) is 5.36. The Balaban J connectivity index is 1.97. The van der Waals surface area contributed by atoms with Crippen molar-refractivity contribution in [3.05, 3.63) is 59.2 Å². The van der Waals surface area contributed by atoms with Gasteiger partial charge < -0.3 is 15.2 Å². The van der Waals surface area contributed by atoms with Gasteiger partial charge in [-0.2, -0.15) is 0 Å². The molecule has 0 aromatic heterocycles. The van der Waals surface area contributed by atoms with Crippen molar-refractivity contribution in [1.82, 2.24) is 0 Å². The molecule has 0 atom stereocenters. The molecular weight excluding hydrogens is 294 g/mol. The predicted octanol–water partition coefficient (Wildman–Crippen LogP) is 3.06. The molecule has 2 aromatic carbocycles. The highest BCUT2D eigenvalue weighted by Crippen LogP contribution is 2.21. The third kappa shape index (κ3) is 4.32. The minimum atomic E-state index is -0.656. The number of amides is 1. The number of phenols is 1. The minimum Gasteiger partial charge on any atom is -0.508 e. The van der Waals surface area contributed by atoms with Crippen molar-refractivity contribution in [3.8, 4) is 5.75 Å². The molecule has 5 heteroatoms. The first-order valence-corrected chi connectivity index (χ1v) is 7.35. The van der Waals surface area contributed by atoms with E-state index in [-0.39, 0.29) is 17.9 Å². The Morgan fingerprint density at radius 1 is 1.17 bits per heavy atom. The Labute approximate surface area is 134 Å². The van der Waals surface area contributed by atoms with Crippen molar-refractivity contribution in [2.24, 2.45) is 0 Å². The average molecular weight is 313 g/mol. The van der Waals surface area contributed by atoms with Crippen LogP contribution < -0.4 is 5.32 Å². The van der Waals surface area contributed by atoms with E-state index in [1.54, 1.807) is 0 Å². The number of anilines is 1. The predicted molar refractivity (Wildman–Crippen MR) is 87.6 cm³/mol. The molecule has 0 bridgehead atoms. The van der Waals surface area contributed by atoms with Crippen LogP contribution in [0.3, 0.4) is 0 Å². The standard InChI is InChI=1S/C18H19NO4/c1-3-13-7-4-6-12(2)17(13)19-16(21)11-23-18(22)14-8-5-9-15(20)10-14/h4-10,20H,3,11H2,1-2H3,(H,19,21). The van der Waals surface area contributed by atoms with Crippen LogP contribution in [0.15, 0.2) is 42.5 Å². The van der Waals surface area contributed by atoms with E-state index in [2.05, 4.69) is 5.32 Å². The van der Waals surface area contributed by atoms with Crippen LogP contribution in [-0.2, 0) is 16.0 Å². The van der Waals surface area contributed by atoms with E-state index in [4.69, 9.17) is 4.74 Å². The molecule has 0 saturated carbocycles. The fourth-order valence-electron chi connectivity index (χ4n) is 2.22. The molecule has 1 amide bonds.